The third-order valence-corrected chi connectivity index (χ3v) is 6.81. The fraction of sp³-hybridized carbons (Fsp3) is 0.241. The van der Waals surface area contributed by atoms with E-state index >= 15 is 0 Å². The molecule has 1 N–H and O–H groups in total. The first-order valence-corrected chi connectivity index (χ1v) is 12.6. The average Bonchev–Trinajstić information content (AvgIpc) is 3.40. The van der Waals surface area contributed by atoms with E-state index in [0.29, 0.717) is 17.7 Å². The van der Waals surface area contributed by atoms with Crippen LogP contribution < -0.4 is 10.1 Å². The number of nitrogens with zero attached hydrogens (tertiary/aromatic N) is 6. The first kappa shape index (κ1) is 23.1. The third kappa shape index (κ3) is 5.01. The molecule has 8 nitrogen and oxygen atoms in total. The molecular formula is C29H29N7O. The van der Waals surface area contributed by atoms with Gasteiger partial charge in [0.2, 0.25) is 5.88 Å². The molecule has 186 valence electrons. The lowest BCUT2D eigenvalue weighted by Gasteiger charge is -2.32. The highest BCUT2D eigenvalue weighted by Gasteiger charge is 2.22. The number of pyridine rings is 1. The van der Waals surface area contributed by atoms with Gasteiger partial charge in [-0.15, -0.1) is 0 Å². The summed E-state index contributed by atoms with van der Waals surface area (Å²) >= 11 is 0. The van der Waals surface area contributed by atoms with E-state index in [-0.39, 0.29) is 0 Å². The Morgan fingerprint density at radius 2 is 1.65 bits per heavy atom. The Hall–Kier alpha value is -4.30. The van der Waals surface area contributed by atoms with Crippen LogP contribution in [0.4, 0.5) is 5.82 Å². The Labute approximate surface area is 216 Å². The number of para-hydroxylation sites is 1. The number of hydrogen-bond donors (Lipinski definition) is 1. The highest BCUT2D eigenvalue weighted by molar-refractivity contribution is 5.86. The lowest BCUT2D eigenvalue weighted by molar-refractivity contribution is 0.211. The van der Waals surface area contributed by atoms with Gasteiger partial charge in [-0.2, -0.15) is 0 Å². The van der Waals surface area contributed by atoms with Crippen molar-refractivity contribution in [2.75, 3.05) is 25.5 Å². The van der Waals surface area contributed by atoms with Crippen LogP contribution in [0, 0.1) is 0 Å². The summed E-state index contributed by atoms with van der Waals surface area (Å²) in [5.41, 5.74) is 4.71. The van der Waals surface area contributed by atoms with Gasteiger partial charge in [0, 0.05) is 49.2 Å². The number of hydrogen-bond acceptors (Lipinski definition) is 7. The van der Waals surface area contributed by atoms with Crippen LogP contribution in [0.2, 0.25) is 0 Å². The summed E-state index contributed by atoms with van der Waals surface area (Å²) in [6.07, 6.45) is 5.64. The zero-order chi connectivity index (χ0) is 25.0. The van der Waals surface area contributed by atoms with E-state index in [1.54, 1.807) is 13.3 Å². The van der Waals surface area contributed by atoms with Crippen molar-refractivity contribution in [1.29, 1.82) is 0 Å². The van der Waals surface area contributed by atoms with E-state index in [4.69, 9.17) is 19.7 Å². The zero-order valence-corrected chi connectivity index (χ0v) is 20.8. The van der Waals surface area contributed by atoms with Crippen molar-refractivity contribution >= 4 is 17.0 Å². The molecule has 37 heavy (non-hydrogen) atoms. The number of rotatable bonds is 7. The Morgan fingerprint density at radius 3 is 2.35 bits per heavy atom. The van der Waals surface area contributed by atoms with Crippen molar-refractivity contribution in [1.82, 2.24) is 29.4 Å². The van der Waals surface area contributed by atoms with Crippen molar-refractivity contribution in [3.05, 3.63) is 90.9 Å². The van der Waals surface area contributed by atoms with Crippen molar-refractivity contribution in [3.8, 4) is 23.0 Å². The maximum atomic E-state index is 5.23. The van der Waals surface area contributed by atoms with Gasteiger partial charge in [-0.25, -0.2) is 19.9 Å². The molecule has 8 heteroatoms. The lowest BCUT2D eigenvalue weighted by atomic mass is 10.0. The SMILES string of the molecule is COc1ccc(-c2nc(NC3CCN(Cc4ccccc4)CC3)c3ncn(-c4ccccc4)c3n2)cn1. The van der Waals surface area contributed by atoms with Gasteiger partial charge in [0.05, 0.1) is 7.11 Å². The Morgan fingerprint density at radius 1 is 0.892 bits per heavy atom. The minimum atomic E-state index is 0.314. The van der Waals surface area contributed by atoms with E-state index in [0.717, 1.165) is 60.7 Å². The highest BCUT2D eigenvalue weighted by atomic mass is 16.5. The van der Waals surface area contributed by atoms with E-state index in [9.17, 15) is 0 Å². The second-order valence-electron chi connectivity index (χ2n) is 9.29. The second-order valence-corrected chi connectivity index (χ2v) is 9.29. The predicted molar refractivity (Wildman–Crippen MR) is 145 cm³/mol. The molecular weight excluding hydrogens is 462 g/mol. The summed E-state index contributed by atoms with van der Waals surface area (Å²) in [5, 5.41) is 3.71. The summed E-state index contributed by atoms with van der Waals surface area (Å²) in [5.74, 6) is 1.91. The maximum absolute atomic E-state index is 5.23. The molecule has 0 aliphatic carbocycles. The van der Waals surface area contributed by atoms with Crippen LogP contribution in [0.15, 0.2) is 85.3 Å². The smallest absolute Gasteiger partial charge is 0.212 e. The van der Waals surface area contributed by atoms with Crippen LogP contribution >= 0.6 is 0 Å². The zero-order valence-electron chi connectivity index (χ0n) is 20.8. The molecule has 5 aromatic rings. The molecule has 3 aromatic heterocycles. The molecule has 2 aromatic carbocycles. The largest absolute Gasteiger partial charge is 0.481 e. The normalized spacial score (nSPS) is 14.6. The van der Waals surface area contributed by atoms with Crippen LogP contribution in [0.5, 0.6) is 5.88 Å². The molecule has 0 unspecified atom stereocenters. The quantitative estimate of drug-likeness (QED) is 0.345. The molecule has 0 radical (unpaired) electrons. The maximum Gasteiger partial charge on any atom is 0.212 e. The van der Waals surface area contributed by atoms with E-state index < -0.39 is 0 Å². The van der Waals surface area contributed by atoms with Crippen molar-refractivity contribution in [2.45, 2.75) is 25.4 Å². The van der Waals surface area contributed by atoms with Gasteiger partial charge in [0.1, 0.15) is 6.33 Å². The van der Waals surface area contributed by atoms with Crippen molar-refractivity contribution in [3.63, 3.8) is 0 Å². The number of piperidine rings is 1. The van der Waals surface area contributed by atoms with Crippen LogP contribution in [-0.4, -0.2) is 55.6 Å². The number of imidazole rings is 1. The molecule has 1 aliphatic heterocycles. The standard InChI is InChI=1S/C29H29N7O/c1-37-25-13-12-22(18-30-25)27-33-28(26-29(34-27)36(20-31-26)24-10-6-3-7-11-24)32-23-14-16-35(17-15-23)19-21-8-4-2-5-9-21/h2-13,18,20,23H,14-17,19H2,1H3,(H,32,33,34). The second kappa shape index (κ2) is 10.4. The highest BCUT2D eigenvalue weighted by Crippen LogP contribution is 2.28. The van der Waals surface area contributed by atoms with Gasteiger partial charge in [-0.05, 0) is 36.6 Å². The molecule has 0 amide bonds. The fourth-order valence-corrected chi connectivity index (χ4v) is 4.81. The van der Waals surface area contributed by atoms with E-state index in [2.05, 4.69) is 45.5 Å². The number of nitrogens with one attached hydrogen (secondary N) is 1. The predicted octanol–water partition coefficient (Wildman–Crippen LogP) is 4.96. The van der Waals surface area contributed by atoms with E-state index in [1.807, 2.05) is 53.4 Å². The summed E-state index contributed by atoms with van der Waals surface area (Å²) in [4.78, 5) is 21.4. The molecule has 0 atom stereocenters. The van der Waals surface area contributed by atoms with Gasteiger partial charge in [0.15, 0.2) is 22.8 Å². The molecule has 4 heterocycles. The third-order valence-electron chi connectivity index (χ3n) is 6.81. The topological polar surface area (TPSA) is 81.0 Å². The molecule has 1 fully saturated rings. The first-order valence-electron chi connectivity index (χ1n) is 12.6. The molecule has 6 rings (SSSR count). The molecule has 0 saturated carbocycles. The first-order chi connectivity index (χ1) is 18.3. The minimum absolute atomic E-state index is 0.314. The van der Waals surface area contributed by atoms with Gasteiger partial charge in [0.25, 0.3) is 0 Å². The number of methoxy groups -OCH3 is 1. The summed E-state index contributed by atoms with van der Waals surface area (Å²) in [6, 6.07) is 24.9. The van der Waals surface area contributed by atoms with Crippen LogP contribution in [0.3, 0.4) is 0 Å². The van der Waals surface area contributed by atoms with Crippen LogP contribution in [0.25, 0.3) is 28.2 Å². The van der Waals surface area contributed by atoms with Gasteiger partial charge in [-0.3, -0.25) is 9.47 Å². The molecule has 1 saturated heterocycles. The summed E-state index contributed by atoms with van der Waals surface area (Å²) < 4.78 is 7.23. The Bertz CT molecular complexity index is 1460. The minimum Gasteiger partial charge on any atom is -0.481 e. The van der Waals surface area contributed by atoms with Gasteiger partial charge < -0.3 is 10.1 Å². The number of aromatic nitrogens is 5. The summed E-state index contributed by atoms with van der Waals surface area (Å²) in [6.45, 7) is 3.06. The number of likely N-dealkylation sites (tertiary alicyclic amines) is 1. The lowest BCUT2D eigenvalue weighted by Crippen LogP contribution is -2.38. The average molecular weight is 492 g/mol. The molecule has 1 aliphatic rings. The Kier molecular flexibility index (Phi) is 6.47. The molecule has 0 spiro atoms. The number of benzene rings is 2. The monoisotopic (exact) mass is 491 g/mol. The van der Waals surface area contributed by atoms with Crippen molar-refractivity contribution < 1.29 is 4.74 Å². The number of anilines is 1. The van der Waals surface area contributed by atoms with E-state index in [1.165, 1.54) is 5.56 Å². The van der Waals surface area contributed by atoms with Crippen LogP contribution in [-0.2, 0) is 6.54 Å². The number of fused-ring (bicyclic) bond motifs is 1. The molecule has 0 bridgehead atoms. The Balaban J connectivity index is 1.29. The fourth-order valence-electron chi connectivity index (χ4n) is 4.81. The summed E-state index contributed by atoms with van der Waals surface area (Å²) in [7, 11) is 1.61. The van der Waals surface area contributed by atoms with Crippen LogP contribution in [0.1, 0.15) is 18.4 Å². The van der Waals surface area contributed by atoms with Gasteiger partial charge in [-0.1, -0.05) is 48.5 Å². The van der Waals surface area contributed by atoms with Crippen molar-refractivity contribution in [2.24, 2.45) is 0 Å². The van der Waals surface area contributed by atoms with Gasteiger partial charge >= 0.3 is 0 Å². The number of ether oxygens (including phenoxy) is 1.